The molecule has 3 nitrogen and oxygen atoms in total. The Bertz CT molecular complexity index is 555. The van der Waals surface area contributed by atoms with Crippen molar-refractivity contribution < 1.29 is 13.2 Å². The maximum atomic E-state index is 11.8. The van der Waals surface area contributed by atoms with Crippen LogP contribution in [0.2, 0.25) is 0 Å². The predicted molar refractivity (Wildman–Crippen MR) is 82.8 cm³/mol. The lowest BCUT2D eigenvalue weighted by Crippen LogP contribution is -2.35. The second kappa shape index (κ2) is 6.02. The summed E-state index contributed by atoms with van der Waals surface area (Å²) in [5.74, 6) is 0.715. The highest BCUT2D eigenvalue weighted by molar-refractivity contribution is 9.10. The Kier molecular flexibility index (Phi) is 5.32. The second-order valence-electron chi connectivity index (χ2n) is 4.86. The third-order valence-electron chi connectivity index (χ3n) is 3.11. The molecule has 0 aliphatic carbocycles. The van der Waals surface area contributed by atoms with Crippen molar-refractivity contribution in [3.05, 3.63) is 28.2 Å². The molecule has 0 amide bonds. The number of hydrogen-bond donors (Lipinski definition) is 0. The predicted octanol–water partition coefficient (Wildman–Crippen LogP) is 3.95. The number of ether oxygens (including phenoxy) is 1. The Morgan fingerprint density at radius 3 is 2.42 bits per heavy atom. The summed E-state index contributed by atoms with van der Waals surface area (Å²) in [7, 11) is -3.26. The summed E-state index contributed by atoms with van der Waals surface area (Å²) >= 11 is 9.74. The molecular formula is C13H18BrClO3S. The van der Waals surface area contributed by atoms with Gasteiger partial charge in [-0.05, 0) is 54.4 Å². The molecule has 0 saturated heterocycles. The van der Waals surface area contributed by atoms with Gasteiger partial charge in [0.05, 0.1) is 21.2 Å². The van der Waals surface area contributed by atoms with E-state index < -0.39 is 20.0 Å². The van der Waals surface area contributed by atoms with Gasteiger partial charge in [0.15, 0.2) is 9.84 Å². The van der Waals surface area contributed by atoms with Gasteiger partial charge in [-0.3, -0.25) is 0 Å². The summed E-state index contributed by atoms with van der Waals surface area (Å²) in [5.41, 5.74) is 0.743. The van der Waals surface area contributed by atoms with Gasteiger partial charge < -0.3 is 4.74 Å². The molecule has 1 aromatic rings. The van der Waals surface area contributed by atoms with Crippen molar-refractivity contribution in [2.24, 2.45) is 0 Å². The standard InChI is InChI=1S/C13H18BrClO3S/c1-5-18-11-7-6-9(8-10(11)14)12(15)13(2,3)19(4,16)17/h6-8,12H,5H2,1-4H3. The highest BCUT2D eigenvalue weighted by atomic mass is 79.9. The monoisotopic (exact) mass is 368 g/mol. The molecular weight excluding hydrogens is 352 g/mol. The van der Waals surface area contributed by atoms with Crippen LogP contribution in [0.25, 0.3) is 0 Å². The molecule has 0 saturated carbocycles. The van der Waals surface area contributed by atoms with E-state index in [1.807, 2.05) is 6.92 Å². The van der Waals surface area contributed by atoms with Gasteiger partial charge in [-0.1, -0.05) is 6.07 Å². The van der Waals surface area contributed by atoms with E-state index >= 15 is 0 Å². The molecule has 19 heavy (non-hydrogen) atoms. The summed E-state index contributed by atoms with van der Waals surface area (Å²) < 4.78 is 28.7. The zero-order valence-electron chi connectivity index (χ0n) is 11.4. The fraction of sp³-hybridized carbons (Fsp3) is 0.538. The summed E-state index contributed by atoms with van der Waals surface area (Å²) in [5, 5.41) is -0.630. The van der Waals surface area contributed by atoms with E-state index in [1.165, 1.54) is 6.26 Å². The average molecular weight is 370 g/mol. The molecule has 0 aliphatic heterocycles. The van der Waals surface area contributed by atoms with Crippen LogP contribution in [-0.2, 0) is 9.84 Å². The number of alkyl halides is 1. The first-order chi connectivity index (χ1) is 8.61. The normalized spacial score (nSPS) is 14.2. The van der Waals surface area contributed by atoms with Crippen LogP contribution in [0.3, 0.4) is 0 Å². The van der Waals surface area contributed by atoms with Crippen LogP contribution >= 0.6 is 27.5 Å². The second-order valence-corrected chi connectivity index (χ2v) is 8.75. The first-order valence-electron chi connectivity index (χ1n) is 5.87. The Labute approximate surface area is 128 Å². The lowest BCUT2D eigenvalue weighted by molar-refractivity contribution is 0.338. The van der Waals surface area contributed by atoms with Gasteiger partial charge in [0.2, 0.25) is 0 Å². The molecule has 1 aromatic carbocycles. The fourth-order valence-electron chi connectivity index (χ4n) is 1.54. The molecule has 0 aromatic heterocycles. The fourth-order valence-corrected chi connectivity index (χ4v) is 3.18. The Balaban J connectivity index is 3.15. The first kappa shape index (κ1) is 16.8. The van der Waals surface area contributed by atoms with Crippen LogP contribution < -0.4 is 4.74 Å². The van der Waals surface area contributed by atoms with Gasteiger partial charge in [0.25, 0.3) is 0 Å². The molecule has 0 fully saturated rings. The lowest BCUT2D eigenvalue weighted by Gasteiger charge is -2.28. The minimum Gasteiger partial charge on any atom is -0.493 e. The first-order valence-corrected chi connectivity index (χ1v) is 8.99. The smallest absolute Gasteiger partial charge is 0.154 e. The summed E-state index contributed by atoms with van der Waals surface area (Å²) in [6, 6.07) is 5.38. The van der Waals surface area contributed by atoms with Crippen molar-refractivity contribution in [3.63, 3.8) is 0 Å². The number of hydrogen-bond acceptors (Lipinski definition) is 3. The molecule has 108 valence electrons. The van der Waals surface area contributed by atoms with Gasteiger partial charge in [-0.15, -0.1) is 11.6 Å². The quantitative estimate of drug-likeness (QED) is 0.738. The highest BCUT2D eigenvalue weighted by Crippen LogP contribution is 2.39. The molecule has 0 heterocycles. The highest BCUT2D eigenvalue weighted by Gasteiger charge is 2.39. The van der Waals surface area contributed by atoms with Gasteiger partial charge >= 0.3 is 0 Å². The topological polar surface area (TPSA) is 43.4 Å². The zero-order chi connectivity index (χ0) is 14.8. The number of rotatable bonds is 5. The zero-order valence-corrected chi connectivity index (χ0v) is 14.6. The number of halogens is 2. The number of benzene rings is 1. The van der Waals surface area contributed by atoms with Crippen molar-refractivity contribution >= 4 is 37.4 Å². The van der Waals surface area contributed by atoms with Crippen molar-refractivity contribution in [3.8, 4) is 5.75 Å². The lowest BCUT2D eigenvalue weighted by atomic mass is 10.0. The average Bonchev–Trinajstić information content (AvgIpc) is 2.29. The van der Waals surface area contributed by atoms with Gasteiger partial charge in [-0.2, -0.15) is 0 Å². The van der Waals surface area contributed by atoms with Crippen molar-refractivity contribution in [1.82, 2.24) is 0 Å². The summed E-state index contributed by atoms with van der Waals surface area (Å²) in [6.07, 6.45) is 1.20. The molecule has 0 N–H and O–H groups in total. The van der Waals surface area contributed by atoms with Crippen LogP contribution in [-0.4, -0.2) is 26.0 Å². The minimum atomic E-state index is -3.26. The van der Waals surface area contributed by atoms with E-state index in [-0.39, 0.29) is 0 Å². The summed E-state index contributed by atoms with van der Waals surface area (Å²) in [4.78, 5) is 0. The third-order valence-corrected chi connectivity index (χ3v) is 6.81. The maximum absolute atomic E-state index is 11.8. The molecule has 0 bridgehead atoms. The molecule has 1 unspecified atom stereocenters. The van der Waals surface area contributed by atoms with Gasteiger partial charge in [0.1, 0.15) is 5.75 Å². The van der Waals surface area contributed by atoms with Gasteiger partial charge in [-0.25, -0.2) is 8.42 Å². The van der Waals surface area contributed by atoms with E-state index in [4.69, 9.17) is 16.3 Å². The summed E-state index contributed by atoms with van der Waals surface area (Å²) in [6.45, 7) is 5.73. The SMILES string of the molecule is CCOc1ccc(C(Cl)C(C)(C)S(C)(=O)=O)cc1Br. The van der Waals surface area contributed by atoms with Crippen LogP contribution in [0.4, 0.5) is 0 Å². The molecule has 1 atom stereocenters. The molecule has 0 aliphatic rings. The van der Waals surface area contributed by atoms with Crippen molar-refractivity contribution in [1.29, 1.82) is 0 Å². The Hall–Kier alpha value is -0.260. The van der Waals surface area contributed by atoms with Gasteiger partial charge in [0, 0.05) is 6.26 Å². The number of sulfone groups is 1. The molecule has 1 rings (SSSR count). The largest absolute Gasteiger partial charge is 0.493 e. The molecule has 0 spiro atoms. The van der Waals surface area contributed by atoms with E-state index in [2.05, 4.69) is 15.9 Å². The van der Waals surface area contributed by atoms with Crippen molar-refractivity contribution in [2.45, 2.75) is 30.9 Å². The maximum Gasteiger partial charge on any atom is 0.154 e. The molecule has 0 radical (unpaired) electrons. The minimum absolute atomic E-state index is 0.567. The Morgan fingerprint density at radius 2 is 2.00 bits per heavy atom. The molecule has 6 heteroatoms. The third kappa shape index (κ3) is 3.64. The van der Waals surface area contributed by atoms with E-state index in [9.17, 15) is 8.42 Å². The van der Waals surface area contributed by atoms with E-state index in [0.717, 1.165) is 10.0 Å². The Morgan fingerprint density at radius 1 is 1.42 bits per heavy atom. The van der Waals surface area contributed by atoms with Crippen LogP contribution in [0, 0.1) is 0 Å². The van der Waals surface area contributed by atoms with E-state index in [1.54, 1.807) is 32.0 Å². The van der Waals surface area contributed by atoms with E-state index in [0.29, 0.717) is 12.4 Å². The van der Waals surface area contributed by atoms with Crippen LogP contribution in [0.1, 0.15) is 31.7 Å². The van der Waals surface area contributed by atoms with Crippen LogP contribution in [0.5, 0.6) is 5.75 Å². The van der Waals surface area contributed by atoms with Crippen molar-refractivity contribution in [2.75, 3.05) is 12.9 Å². The van der Waals surface area contributed by atoms with Crippen LogP contribution in [0.15, 0.2) is 22.7 Å².